The fourth-order valence-corrected chi connectivity index (χ4v) is 3.68. The molecule has 0 atom stereocenters. The SMILES string of the molecule is N=C(c1ccc(Oc2ccccc2F)cc1)c1c(N)ncnc1NC1CCCCC1. The van der Waals surface area contributed by atoms with Gasteiger partial charge in [0.25, 0.3) is 0 Å². The quantitative estimate of drug-likeness (QED) is 0.493. The number of hydrogen-bond donors (Lipinski definition) is 3. The third-order valence-corrected chi connectivity index (χ3v) is 5.28. The van der Waals surface area contributed by atoms with Gasteiger partial charge in [0.1, 0.15) is 23.7 Å². The Kier molecular flexibility index (Phi) is 5.88. The summed E-state index contributed by atoms with van der Waals surface area (Å²) in [6.07, 6.45) is 7.22. The van der Waals surface area contributed by atoms with Crippen LogP contribution >= 0.6 is 0 Å². The van der Waals surface area contributed by atoms with Gasteiger partial charge in [0, 0.05) is 11.6 Å². The summed E-state index contributed by atoms with van der Waals surface area (Å²) in [6.45, 7) is 0. The third kappa shape index (κ3) is 4.40. The summed E-state index contributed by atoms with van der Waals surface area (Å²) in [7, 11) is 0. The Balaban J connectivity index is 1.55. The Bertz CT molecular complexity index is 1030. The summed E-state index contributed by atoms with van der Waals surface area (Å²) in [6, 6.07) is 13.4. The molecule has 1 saturated carbocycles. The Morgan fingerprint density at radius 3 is 2.50 bits per heavy atom. The van der Waals surface area contributed by atoms with E-state index in [-0.39, 0.29) is 17.3 Å². The topological polar surface area (TPSA) is 96.9 Å². The highest BCUT2D eigenvalue weighted by atomic mass is 19.1. The highest BCUT2D eigenvalue weighted by Crippen LogP contribution is 2.28. The number of aromatic nitrogens is 2. The van der Waals surface area contributed by atoms with Crippen molar-refractivity contribution in [2.24, 2.45) is 0 Å². The number of anilines is 2. The Morgan fingerprint density at radius 2 is 1.77 bits per heavy atom. The molecule has 1 aliphatic carbocycles. The second-order valence-electron chi connectivity index (χ2n) is 7.39. The molecular weight excluding hydrogens is 381 g/mol. The second kappa shape index (κ2) is 8.90. The number of nitrogens with zero attached hydrogens (tertiary/aromatic N) is 2. The van der Waals surface area contributed by atoms with Crippen molar-refractivity contribution in [2.45, 2.75) is 38.1 Å². The highest BCUT2D eigenvalue weighted by Gasteiger charge is 2.20. The first kappa shape index (κ1) is 19.8. The number of ether oxygens (including phenoxy) is 1. The Hall–Kier alpha value is -3.48. The van der Waals surface area contributed by atoms with E-state index in [0.29, 0.717) is 28.7 Å². The van der Waals surface area contributed by atoms with Crippen molar-refractivity contribution in [2.75, 3.05) is 11.1 Å². The maximum Gasteiger partial charge on any atom is 0.165 e. The van der Waals surface area contributed by atoms with Crippen LogP contribution in [0.4, 0.5) is 16.0 Å². The summed E-state index contributed by atoms with van der Waals surface area (Å²) in [5.41, 5.74) is 7.48. The number of nitrogens with two attached hydrogens (primary N) is 1. The molecule has 0 amide bonds. The Labute approximate surface area is 174 Å². The largest absolute Gasteiger partial charge is 0.454 e. The molecule has 0 spiro atoms. The number of halogens is 1. The molecule has 0 unspecified atom stereocenters. The number of benzene rings is 2. The van der Waals surface area contributed by atoms with Crippen LogP contribution in [0.15, 0.2) is 54.9 Å². The van der Waals surface area contributed by atoms with E-state index in [1.807, 2.05) is 0 Å². The molecule has 0 saturated heterocycles. The van der Waals surface area contributed by atoms with Gasteiger partial charge in [-0.2, -0.15) is 0 Å². The molecule has 7 heteroatoms. The molecule has 1 heterocycles. The molecule has 1 aromatic heterocycles. The first-order chi connectivity index (χ1) is 14.6. The molecule has 0 aliphatic heterocycles. The molecule has 6 nitrogen and oxygen atoms in total. The van der Waals surface area contributed by atoms with Crippen molar-refractivity contribution in [3.8, 4) is 11.5 Å². The van der Waals surface area contributed by atoms with E-state index in [1.165, 1.54) is 31.7 Å². The lowest BCUT2D eigenvalue weighted by Crippen LogP contribution is -2.25. The van der Waals surface area contributed by atoms with Gasteiger partial charge < -0.3 is 15.8 Å². The summed E-state index contributed by atoms with van der Waals surface area (Å²) in [5.74, 6) is 1.06. The lowest BCUT2D eigenvalue weighted by atomic mass is 9.95. The van der Waals surface area contributed by atoms with E-state index >= 15 is 0 Å². The molecule has 1 fully saturated rings. The molecule has 1 aliphatic rings. The van der Waals surface area contributed by atoms with Crippen LogP contribution in [-0.4, -0.2) is 21.7 Å². The number of nitrogens with one attached hydrogen (secondary N) is 2. The van der Waals surface area contributed by atoms with Crippen molar-refractivity contribution >= 4 is 17.3 Å². The number of rotatable bonds is 6. The monoisotopic (exact) mass is 405 g/mol. The van der Waals surface area contributed by atoms with Gasteiger partial charge in [-0.3, -0.25) is 5.41 Å². The molecule has 4 rings (SSSR count). The lowest BCUT2D eigenvalue weighted by Gasteiger charge is -2.24. The van der Waals surface area contributed by atoms with Crippen LogP contribution in [0.2, 0.25) is 0 Å². The van der Waals surface area contributed by atoms with Gasteiger partial charge in [-0.1, -0.05) is 31.4 Å². The van der Waals surface area contributed by atoms with Crippen LogP contribution in [0.3, 0.4) is 0 Å². The van der Waals surface area contributed by atoms with Crippen LogP contribution < -0.4 is 15.8 Å². The normalized spacial score (nSPS) is 14.3. The number of hydrogen-bond acceptors (Lipinski definition) is 6. The van der Waals surface area contributed by atoms with Gasteiger partial charge in [0.2, 0.25) is 0 Å². The first-order valence-electron chi connectivity index (χ1n) is 10.1. The van der Waals surface area contributed by atoms with E-state index < -0.39 is 5.82 Å². The van der Waals surface area contributed by atoms with E-state index in [2.05, 4.69) is 15.3 Å². The molecule has 4 N–H and O–H groups in total. The first-order valence-corrected chi connectivity index (χ1v) is 10.1. The standard InChI is InChI=1S/C23H24FN5O/c24-18-8-4-5-9-19(18)30-17-12-10-15(11-13-17)21(25)20-22(26)27-14-28-23(20)29-16-6-2-1-3-7-16/h4-5,8-14,16,25H,1-3,6-7H2,(H3,26,27,28,29). The summed E-state index contributed by atoms with van der Waals surface area (Å²) < 4.78 is 19.4. The maximum atomic E-state index is 13.8. The number of para-hydroxylation sites is 1. The summed E-state index contributed by atoms with van der Waals surface area (Å²) >= 11 is 0. The maximum absolute atomic E-state index is 13.8. The van der Waals surface area contributed by atoms with E-state index in [9.17, 15) is 4.39 Å². The van der Waals surface area contributed by atoms with Gasteiger partial charge >= 0.3 is 0 Å². The smallest absolute Gasteiger partial charge is 0.165 e. The van der Waals surface area contributed by atoms with Gasteiger partial charge in [0.15, 0.2) is 11.6 Å². The zero-order valence-electron chi connectivity index (χ0n) is 16.6. The minimum absolute atomic E-state index is 0.153. The molecule has 0 bridgehead atoms. The fraction of sp³-hybridized carbons (Fsp3) is 0.261. The van der Waals surface area contributed by atoms with Crippen LogP contribution in [0.5, 0.6) is 11.5 Å². The zero-order chi connectivity index (χ0) is 20.9. The minimum Gasteiger partial charge on any atom is -0.454 e. The van der Waals surface area contributed by atoms with Crippen LogP contribution in [0.25, 0.3) is 0 Å². The third-order valence-electron chi connectivity index (χ3n) is 5.28. The van der Waals surface area contributed by atoms with Gasteiger partial charge in [0.05, 0.1) is 11.3 Å². The van der Waals surface area contributed by atoms with Crippen molar-refractivity contribution in [3.63, 3.8) is 0 Å². The van der Waals surface area contributed by atoms with Gasteiger partial charge in [-0.15, -0.1) is 0 Å². The van der Waals surface area contributed by atoms with Crippen LogP contribution in [-0.2, 0) is 0 Å². The van der Waals surface area contributed by atoms with E-state index in [4.69, 9.17) is 15.9 Å². The van der Waals surface area contributed by atoms with E-state index in [0.717, 1.165) is 12.8 Å². The summed E-state index contributed by atoms with van der Waals surface area (Å²) in [4.78, 5) is 8.44. The molecule has 30 heavy (non-hydrogen) atoms. The van der Waals surface area contributed by atoms with E-state index in [1.54, 1.807) is 42.5 Å². The molecule has 3 aromatic rings. The van der Waals surface area contributed by atoms with Crippen molar-refractivity contribution < 1.29 is 9.13 Å². The minimum atomic E-state index is -0.429. The molecule has 154 valence electrons. The Morgan fingerprint density at radius 1 is 1.03 bits per heavy atom. The van der Waals surface area contributed by atoms with Gasteiger partial charge in [-0.05, 0) is 49.2 Å². The van der Waals surface area contributed by atoms with Crippen molar-refractivity contribution in [1.82, 2.24) is 9.97 Å². The average Bonchev–Trinajstić information content (AvgIpc) is 2.76. The predicted octanol–water partition coefficient (Wildman–Crippen LogP) is 5.15. The molecule has 0 radical (unpaired) electrons. The zero-order valence-corrected chi connectivity index (χ0v) is 16.6. The predicted molar refractivity (Wildman–Crippen MR) is 116 cm³/mol. The molecule has 2 aromatic carbocycles. The lowest BCUT2D eigenvalue weighted by molar-refractivity contribution is 0.442. The van der Waals surface area contributed by atoms with Gasteiger partial charge in [-0.25, -0.2) is 14.4 Å². The highest BCUT2D eigenvalue weighted by molar-refractivity contribution is 6.16. The van der Waals surface area contributed by atoms with Crippen molar-refractivity contribution in [3.05, 3.63) is 71.8 Å². The number of nitrogen functional groups attached to an aromatic ring is 1. The molecular formula is C23H24FN5O. The fourth-order valence-electron chi connectivity index (χ4n) is 3.68. The van der Waals surface area contributed by atoms with Crippen LogP contribution in [0.1, 0.15) is 43.2 Å². The average molecular weight is 405 g/mol. The van der Waals surface area contributed by atoms with Crippen LogP contribution in [0, 0.1) is 11.2 Å². The van der Waals surface area contributed by atoms with Crippen molar-refractivity contribution in [1.29, 1.82) is 5.41 Å². The summed E-state index contributed by atoms with van der Waals surface area (Å²) in [5, 5.41) is 12.1. The second-order valence-corrected chi connectivity index (χ2v) is 7.39.